The highest BCUT2D eigenvalue weighted by molar-refractivity contribution is 5.78. The summed E-state index contributed by atoms with van der Waals surface area (Å²) in [6, 6.07) is 91.3. The smallest absolute Gasteiger partial charge is 0.311 e. The third-order valence-corrected chi connectivity index (χ3v) is 21.3. The fraction of sp³-hybridized carbons (Fsp3) is 0.245. The highest BCUT2D eigenvalue weighted by Gasteiger charge is 2.39. The minimum Gasteiger partial charge on any atom is -0.497 e. The van der Waals surface area contributed by atoms with E-state index in [9.17, 15) is 28.4 Å². The van der Waals surface area contributed by atoms with Crippen molar-refractivity contribution in [3.8, 4) is 34.5 Å². The molecule has 0 bridgehead atoms. The Morgan fingerprint density at radius 3 is 1.41 bits per heavy atom. The molecule has 0 saturated carbocycles. The van der Waals surface area contributed by atoms with Gasteiger partial charge in [-0.3, -0.25) is 24.0 Å². The highest BCUT2D eigenvalue weighted by atomic mass is 19.1. The molecule has 5 heterocycles. The van der Waals surface area contributed by atoms with Gasteiger partial charge in [0.2, 0.25) is 0 Å². The van der Waals surface area contributed by atoms with E-state index in [1.807, 2.05) is 176 Å². The molecule has 0 spiro atoms. The van der Waals surface area contributed by atoms with E-state index in [1.165, 1.54) is 51.1 Å². The van der Waals surface area contributed by atoms with Crippen molar-refractivity contribution in [1.29, 1.82) is 0 Å². The summed E-state index contributed by atoms with van der Waals surface area (Å²) in [6.45, 7) is 4.30. The Hall–Kier alpha value is -11.5. The quantitative estimate of drug-likeness (QED) is 0.0954. The van der Waals surface area contributed by atoms with Crippen LogP contribution in [-0.4, -0.2) is 37.0 Å². The fourth-order valence-electron chi connectivity index (χ4n) is 15.8. The van der Waals surface area contributed by atoms with Crippen molar-refractivity contribution in [3.63, 3.8) is 0 Å². The third-order valence-electron chi connectivity index (χ3n) is 21.3. The molecule has 0 aromatic heterocycles. The number of esters is 5. The number of halogens is 1. The lowest BCUT2D eigenvalue weighted by atomic mass is 9.77. The molecular weight excluding hydrogens is 1320 g/mol. The summed E-state index contributed by atoms with van der Waals surface area (Å²) in [7, 11) is 1.60. The summed E-state index contributed by atoms with van der Waals surface area (Å²) in [5.74, 6) is 4.88. The van der Waals surface area contributed by atoms with E-state index in [0.29, 0.717) is 61.0 Å². The van der Waals surface area contributed by atoms with Crippen LogP contribution in [0.2, 0.25) is 0 Å². The Balaban J connectivity index is 0.000000118. The number of ether oxygens (including phenoxy) is 6. The SMILES string of the molecule is CC1c2ccccc2OC(=O)C[C@@H]1c1ccccc1.CCc1ccc2c(c1)C[C@@H](c1ccccc1)CC(=O)O2.COc1ccc2c(c1)OC(=O)C[C@H](c1ccccc1)C2.O=C1C[C@H](c2ccccc2)[C@@H](CCc2ccc(F)cc2)c2ccccc2O1.O=C1C[C@H](c2ccccc2)[C@H]2CCc3cccc(c32)O1. The summed E-state index contributed by atoms with van der Waals surface area (Å²) >= 11 is 0. The molecule has 1 aliphatic carbocycles. The van der Waals surface area contributed by atoms with Gasteiger partial charge in [0.05, 0.1) is 39.2 Å². The lowest BCUT2D eigenvalue weighted by Gasteiger charge is -2.25. The first-order valence-corrected chi connectivity index (χ1v) is 36.9. The number of hydrogen-bond donors (Lipinski definition) is 0. The van der Waals surface area contributed by atoms with E-state index < -0.39 is 0 Å². The van der Waals surface area contributed by atoms with Crippen LogP contribution in [-0.2, 0) is 56.1 Å². The maximum atomic E-state index is 13.2. The van der Waals surface area contributed by atoms with Crippen LogP contribution in [0.5, 0.6) is 34.5 Å². The van der Waals surface area contributed by atoms with Crippen LogP contribution < -0.4 is 28.4 Å². The van der Waals surface area contributed by atoms with Gasteiger partial charge in [0.1, 0.15) is 40.3 Å². The molecule has 0 fully saturated rings. The van der Waals surface area contributed by atoms with Gasteiger partial charge in [-0.05, 0) is 184 Å². The van der Waals surface area contributed by atoms with E-state index in [1.54, 1.807) is 13.2 Å². The molecule has 0 amide bonds. The van der Waals surface area contributed by atoms with Crippen molar-refractivity contribution in [2.75, 3.05) is 7.11 Å². The molecule has 12 heteroatoms. The second-order valence-corrected chi connectivity index (χ2v) is 27.9. The average Bonchev–Trinajstić information content (AvgIpc) is 1.58. The minimum absolute atomic E-state index is 0.0581. The van der Waals surface area contributed by atoms with E-state index in [0.717, 1.165) is 89.8 Å². The number of carbonyl (C=O) groups is 5. The molecule has 536 valence electrons. The van der Waals surface area contributed by atoms with Gasteiger partial charge in [0.15, 0.2) is 0 Å². The summed E-state index contributed by atoms with van der Waals surface area (Å²) in [6.07, 6.45) is 8.65. The average molecular weight is 1410 g/mol. The number of hydrogen-bond acceptors (Lipinski definition) is 11. The van der Waals surface area contributed by atoms with E-state index in [4.69, 9.17) is 28.4 Å². The van der Waals surface area contributed by atoms with Crippen molar-refractivity contribution >= 4 is 29.8 Å². The molecule has 11 aromatic rings. The summed E-state index contributed by atoms with van der Waals surface area (Å²) in [5, 5.41) is 0. The minimum atomic E-state index is -0.222. The normalized spacial score (nSPS) is 20.1. The van der Waals surface area contributed by atoms with Crippen LogP contribution in [0.15, 0.2) is 279 Å². The van der Waals surface area contributed by atoms with Gasteiger partial charge < -0.3 is 28.4 Å². The molecule has 11 aromatic carbocycles. The molecule has 17 rings (SSSR count). The lowest BCUT2D eigenvalue weighted by molar-refractivity contribution is -0.135. The Bertz CT molecular complexity index is 4820. The zero-order valence-corrected chi connectivity index (χ0v) is 60.0. The monoisotopic (exact) mass is 1410 g/mol. The third kappa shape index (κ3) is 18.2. The van der Waals surface area contributed by atoms with Gasteiger partial charge in [-0.25, -0.2) is 4.39 Å². The first kappa shape index (κ1) is 72.8. The lowest BCUT2D eigenvalue weighted by Crippen LogP contribution is -2.15. The number of fused-ring (bicyclic) bond motifs is 4. The van der Waals surface area contributed by atoms with Crippen molar-refractivity contribution in [1.82, 2.24) is 0 Å². The molecule has 1 unspecified atom stereocenters. The second kappa shape index (κ2) is 34.9. The molecule has 6 aliphatic rings. The van der Waals surface area contributed by atoms with Gasteiger partial charge in [0.25, 0.3) is 0 Å². The molecule has 106 heavy (non-hydrogen) atoms. The van der Waals surface area contributed by atoms with E-state index in [2.05, 4.69) is 98.8 Å². The van der Waals surface area contributed by atoms with Gasteiger partial charge in [-0.15, -0.1) is 0 Å². The number of benzene rings is 11. The first-order valence-electron chi connectivity index (χ1n) is 36.9. The van der Waals surface area contributed by atoms with Crippen LogP contribution in [0, 0.1) is 5.82 Å². The highest BCUT2D eigenvalue weighted by Crippen LogP contribution is 2.51. The zero-order chi connectivity index (χ0) is 73.3. The number of rotatable bonds is 10. The van der Waals surface area contributed by atoms with Crippen molar-refractivity contribution in [2.45, 2.75) is 138 Å². The molecule has 8 atom stereocenters. The molecule has 11 nitrogen and oxygen atoms in total. The van der Waals surface area contributed by atoms with Crippen LogP contribution in [0.1, 0.15) is 178 Å². The Morgan fingerprint density at radius 2 is 0.821 bits per heavy atom. The summed E-state index contributed by atoms with van der Waals surface area (Å²) in [5.41, 5.74) is 15.3. The first-order chi connectivity index (χ1) is 51.8. The topological polar surface area (TPSA) is 141 Å². The maximum Gasteiger partial charge on any atom is 0.311 e. The van der Waals surface area contributed by atoms with Crippen LogP contribution >= 0.6 is 0 Å². The van der Waals surface area contributed by atoms with Crippen LogP contribution in [0.3, 0.4) is 0 Å². The molecule has 0 N–H and O–H groups in total. The number of para-hydroxylation sites is 2. The van der Waals surface area contributed by atoms with Gasteiger partial charge in [0, 0.05) is 29.4 Å². The van der Waals surface area contributed by atoms with E-state index >= 15 is 0 Å². The Morgan fingerprint density at radius 1 is 0.368 bits per heavy atom. The number of aryl methyl sites for hydroxylation is 3. The zero-order valence-electron chi connectivity index (χ0n) is 60.0. The fourth-order valence-corrected chi connectivity index (χ4v) is 15.8. The molecule has 0 radical (unpaired) electrons. The molecule has 5 aliphatic heterocycles. The molecular formula is C94H87FO11. The summed E-state index contributed by atoms with van der Waals surface area (Å²) in [4.78, 5) is 60.4. The van der Waals surface area contributed by atoms with Crippen molar-refractivity contribution in [2.24, 2.45) is 0 Å². The Labute approximate surface area is 620 Å². The van der Waals surface area contributed by atoms with Gasteiger partial charge >= 0.3 is 29.8 Å². The van der Waals surface area contributed by atoms with Gasteiger partial charge in [-0.1, -0.05) is 244 Å². The van der Waals surface area contributed by atoms with Crippen LogP contribution in [0.25, 0.3) is 0 Å². The predicted octanol–water partition coefficient (Wildman–Crippen LogP) is 20.5. The largest absolute Gasteiger partial charge is 0.497 e. The van der Waals surface area contributed by atoms with Crippen molar-refractivity contribution < 1.29 is 56.8 Å². The predicted molar refractivity (Wildman–Crippen MR) is 410 cm³/mol. The maximum absolute atomic E-state index is 13.2. The van der Waals surface area contributed by atoms with Crippen molar-refractivity contribution in [3.05, 3.63) is 357 Å². The number of carbonyl (C=O) groups excluding carboxylic acids is 5. The van der Waals surface area contributed by atoms with Crippen LogP contribution in [0.4, 0.5) is 4.39 Å². The Kier molecular flexibility index (Phi) is 24.0. The number of methoxy groups -OCH3 is 1. The second-order valence-electron chi connectivity index (χ2n) is 27.9. The molecule has 0 saturated heterocycles. The van der Waals surface area contributed by atoms with Gasteiger partial charge in [-0.2, -0.15) is 0 Å². The summed E-state index contributed by atoms with van der Waals surface area (Å²) < 4.78 is 45.9. The standard InChI is InChI=1S/C24H21FO2.C18H16O2.C18H18O2.C17H16O3.C17H16O2/c25-19-13-10-17(11-14-19)12-15-20-21-8-4-5-9-23(21)27-24(26)16-22(20)18-6-2-1-3-7-18;19-17-11-15(12-5-2-1-3-6-12)14-10-9-13-7-4-8-16(20-17)18(13)14;1-2-13-8-9-17-16(10-13)11-15(12-18(19)20-17)14-6-4-3-5-7-14;1-19-15-8-7-13-9-14(12-5-3-2-4-6-12)10-17(18)20-16(13)11-15;1-12-14-9-5-6-10-16(14)19-17(18)11-15(12)13-7-3-2-4-8-13/h1-11,13-14,20,22H,12,15-16H2;1-8,14-15H,9-11H2;3-10,15H,2,11-12H2,1H3;2-8,11,14H,9-10H2,1H3;2-10,12,15H,11H2,1H3/t20-,22+;14-,15-;15-;14-;12?,15-/m01110/s1. The van der Waals surface area contributed by atoms with E-state index in [-0.39, 0.29) is 77.1 Å².